The number of aliphatic hydroxyl groups is 1. The van der Waals surface area contributed by atoms with Gasteiger partial charge in [0.25, 0.3) is 0 Å². The quantitative estimate of drug-likeness (QED) is 0.594. The number of thiophene rings is 1. The third-order valence-electron chi connectivity index (χ3n) is 4.92. The SMILES string of the molecule is COc1ccc(OCCC(=O)N[C@H](CN2CCCC2)[C@H](O)c2ccc(Cl)s2)cc1. The van der Waals surface area contributed by atoms with E-state index in [0.717, 1.165) is 36.6 Å². The summed E-state index contributed by atoms with van der Waals surface area (Å²) in [5.74, 6) is 1.28. The Kier molecular flexibility index (Phi) is 8.18. The number of nitrogens with one attached hydrogen (secondary N) is 1. The number of methoxy groups -OCH3 is 1. The van der Waals surface area contributed by atoms with Gasteiger partial charge in [-0.25, -0.2) is 0 Å². The van der Waals surface area contributed by atoms with Crippen molar-refractivity contribution in [3.63, 3.8) is 0 Å². The van der Waals surface area contributed by atoms with Crippen molar-refractivity contribution in [1.29, 1.82) is 0 Å². The van der Waals surface area contributed by atoms with Gasteiger partial charge in [-0.3, -0.25) is 4.79 Å². The van der Waals surface area contributed by atoms with Gasteiger partial charge in [0.15, 0.2) is 0 Å². The lowest BCUT2D eigenvalue weighted by Gasteiger charge is -2.28. The van der Waals surface area contributed by atoms with Gasteiger partial charge in [0, 0.05) is 11.4 Å². The van der Waals surface area contributed by atoms with E-state index in [1.54, 1.807) is 25.3 Å². The number of aliphatic hydroxyl groups excluding tert-OH is 1. The summed E-state index contributed by atoms with van der Waals surface area (Å²) in [5.41, 5.74) is 0. The predicted octanol–water partition coefficient (Wildman–Crippen LogP) is 3.49. The van der Waals surface area contributed by atoms with E-state index in [-0.39, 0.29) is 18.9 Å². The molecule has 2 aromatic rings. The molecule has 6 nitrogen and oxygen atoms in total. The van der Waals surface area contributed by atoms with Gasteiger partial charge < -0.3 is 24.8 Å². The summed E-state index contributed by atoms with van der Waals surface area (Å²) in [6.07, 6.45) is 1.72. The molecule has 0 unspecified atom stereocenters. The number of rotatable bonds is 10. The Bertz CT molecular complexity index is 777. The van der Waals surface area contributed by atoms with Crippen LogP contribution in [-0.2, 0) is 4.79 Å². The van der Waals surface area contributed by atoms with E-state index in [9.17, 15) is 9.90 Å². The third-order valence-corrected chi connectivity index (χ3v) is 6.23. The van der Waals surface area contributed by atoms with Crippen molar-refractivity contribution in [1.82, 2.24) is 10.2 Å². The molecule has 2 atom stereocenters. The monoisotopic (exact) mass is 438 g/mol. The fourth-order valence-corrected chi connectivity index (χ4v) is 4.48. The van der Waals surface area contributed by atoms with E-state index in [1.807, 2.05) is 18.2 Å². The molecule has 0 spiro atoms. The molecule has 1 fully saturated rings. The molecule has 1 aliphatic heterocycles. The molecule has 0 aliphatic carbocycles. The Morgan fingerprint density at radius 3 is 2.52 bits per heavy atom. The molecule has 1 aliphatic rings. The van der Waals surface area contributed by atoms with Gasteiger partial charge in [0.1, 0.15) is 17.6 Å². The second-order valence-electron chi connectivity index (χ2n) is 7.04. The fourth-order valence-electron chi connectivity index (χ4n) is 3.37. The molecule has 0 saturated carbocycles. The molecule has 1 saturated heterocycles. The van der Waals surface area contributed by atoms with E-state index in [0.29, 0.717) is 16.6 Å². The standard InChI is InChI=1S/C21H27ClN2O4S/c1-27-15-4-6-16(7-5-15)28-13-10-20(25)23-17(14-24-11-2-3-12-24)21(26)18-8-9-19(22)29-18/h4-9,17,21,26H,2-3,10-14H2,1H3,(H,23,25)/t17-,21+/m1/s1. The Hall–Kier alpha value is -1.80. The van der Waals surface area contributed by atoms with E-state index in [1.165, 1.54) is 11.3 Å². The maximum atomic E-state index is 12.5. The smallest absolute Gasteiger partial charge is 0.223 e. The second kappa shape index (κ2) is 10.8. The highest BCUT2D eigenvalue weighted by Crippen LogP contribution is 2.29. The lowest BCUT2D eigenvalue weighted by molar-refractivity contribution is -0.123. The number of carbonyl (C=O) groups is 1. The average molecular weight is 439 g/mol. The Morgan fingerprint density at radius 2 is 1.90 bits per heavy atom. The zero-order valence-corrected chi connectivity index (χ0v) is 18.0. The summed E-state index contributed by atoms with van der Waals surface area (Å²) in [6.45, 7) is 2.85. The molecule has 1 amide bonds. The molecule has 2 heterocycles. The number of carbonyl (C=O) groups excluding carboxylic acids is 1. The summed E-state index contributed by atoms with van der Waals surface area (Å²) in [4.78, 5) is 15.5. The van der Waals surface area contributed by atoms with Crippen LogP contribution in [0.5, 0.6) is 11.5 Å². The van der Waals surface area contributed by atoms with Crippen LogP contribution in [0.2, 0.25) is 4.34 Å². The van der Waals surface area contributed by atoms with Gasteiger partial charge >= 0.3 is 0 Å². The van der Waals surface area contributed by atoms with Gasteiger partial charge in [-0.2, -0.15) is 0 Å². The summed E-state index contributed by atoms with van der Waals surface area (Å²) >= 11 is 7.35. The van der Waals surface area contributed by atoms with Crippen LogP contribution in [0.25, 0.3) is 0 Å². The highest BCUT2D eigenvalue weighted by molar-refractivity contribution is 7.16. The minimum atomic E-state index is -0.792. The van der Waals surface area contributed by atoms with Gasteiger partial charge in [-0.1, -0.05) is 11.6 Å². The molecule has 2 N–H and O–H groups in total. The van der Waals surface area contributed by atoms with Crippen LogP contribution in [-0.4, -0.2) is 55.3 Å². The van der Waals surface area contributed by atoms with Gasteiger partial charge in [-0.15, -0.1) is 11.3 Å². The van der Waals surface area contributed by atoms with Crippen LogP contribution in [0.1, 0.15) is 30.2 Å². The number of amides is 1. The van der Waals surface area contributed by atoms with Crippen LogP contribution in [0.4, 0.5) is 0 Å². The van der Waals surface area contributed by atoms with Crippen molar-refractivity contribution in [2.75, 3.05) is 33.4 Å². The molecular weight excluding hydrogens is 412 g/mol. The van der Waals surface area contributed by atoms with Gasteiger partial charge in [0.2, 0.25) is 5.91 Å². The lowest BCUT2D eigenvalue weighted by Crippen LogP contribution is -2.46. The van der Waals surface area contributed by atoms with Crippen LogP contribution >= 0.6 is 22.9 Å². The number of benzene rings is 1. The number of likely N-dealkylation sites (tertiary alicyclic amines) is 1. The van der Waals surface area contributed by atoms with E-state index in [2.05, 4.69) is 10.2 Å². The van der Waals surface area contributed by atoms with Crippen LogP contribution < -0.4 is 14.8 Å². The number of ether oxygens (including phenoxy) is 2. The van der Waals surface area contributed by atoms with Crippen molar-refractivity contribution >= 4 is 28.8 Å². The molecule has 29 heavy (non-hydrogen) atoms. The van der Waals surface area contributed by atoms with Crippen molar-refractivity contribution in [2.45, 2.75) is 31.4 Å². The first-order valence-corrected chi connectivity index (χ1v) is 11.0. The van der Waals surface area contributed by atoms with Gasteiger partial charge in [0.05, 0.1) is 30.5 Å². The normalized spacial score (nSPS) is 16.4. The Morgan fingerprint density at radius 1 is 1.21 bits per heavy atom. The topological polar surface area (TPSA) is 71.0 Å². The molecule has 1 aromatic carbocycles. The van der Waals surface area contributed by atoms with E-state index < -0.39 is 12.1 Å². The van der Waals surface area contributed by atoms with Crippen LogP contribution in [0, 0.1) is 0 Å². The number of halogens is 1. The first-order valence-electron chi connectivity index (χ1n) is 9.77. The molecule has 1 aromatic heterocycles. The minimum absolute atomic E-state index is 0.149. The first kappa shape index (κ1) is 21.9. The maximum absolute atomic E-state index is 12.5. The van der Waals surface area contributed by atoms with Crippen molar-refractivity contribution < 1.29 is 19.4 Å². The zero-order valence-electron chi connectivity index (χ0n) is 16.5. The number of hydrogen-bond acceptors (Lipinski definition) is 6. The lowest BCUT2D eigenvalue weighted by atomic mass is 10.1. The molecule has 158 valence electrons. The Balaban J connectivity index is 1.53. The average Bonchev–Trinajstić information content (AvgIpc) is 3.39. The van der Waals surface area contributed by atoms with E-state index >= 15 is 0 Å². The molecular formula is C21H27ClN2O4S. The fraction of sp³-hybridized carbons (Fsp3) is 0.476. The van der Waals surface area contributed by atoms with Crippen molar-refractivity contribution in [2.24, 2.45) is 0 Å². The van der Waals surface area contributed by atoms with Crippen LogP contribution in [0.3, 0.4) is 0 Å². The third kappa shape index (κ3) is 6.60. The van der Waals surface area contributed by atoms with Crippen molar-refractivity contribution in [3.05, 3.63) is 45.6 Å². The number of nitrogens with zero attached hydrogens (tertiary/aromatic N) is 1. The Labute approximate surface area is 180 Å². The zero-order chi connectivity index (χ0) is 20.6. The second-order valence-corrected chi connectivity index (χ2v) is 8.79. The minimum Gasteiger partial charge on any atom is -0.497 e. The summed E-state index contributed by atoms with van der Waals surface area (Å²) < 4.78 is 11.4. The predicted molar refractivity (Wildman–Crippen MR) is 115 cm³/mol. The van der Waals surface area contributed by atoms with Crippen LogP contribution in [0.15, 0.2) is 36.4 Å². The number of hydrogen-bond donors (Lipinski definition) is 2. The van der Waals surface area contributed by atoms with Crippen molar-refractivity contribution in [3.8, 4) is 11.5 Å². The van der Waals surface area contributed by atoms with Gasteiger partial charge in [-0.05, 0) is 62.3 Å². The molecule has 8 heteroatoms. The summed E-state index contributed by atoms with van der Waals surface area (Å²) in [6, 6.07) is 10.4. The molecule has 3 rings (SSSR count). The molecule has 0 bridgehead atoms. The largest absolute Gasteiger partial charge is 0.497 e. The first-order chi connectivity index (χ1) is 14.0. The highest BCUT2D eigenvalue weighted by atomic mass is 35.5. The highest BCUT2D eigenvalue weighted by Gasteiger charge is 2.27. The molecule has 0 radical (unpaired) electrons. The van der Waals surface area contributed by atoms with E-state index in [4.69, 9.17) is 21.1 Å². The summed E-state index contributed by atoms with van der Waals surface area (Å²) in [5, 5.41) is 13.8. The maximum Gasteiger partial charge on any atom is 0.223 e. The summed E-state index contributed by atoms with van der Waals surface area (Å²) in [7, 11) is 1.61.